The van der Waals surface area contributed by atoms with E-state index in [-0.39, 0.29) is 0 Å². The minimum absolute atomic E-state index is 0.800. The van der Waals surface area contributed by atoms with Gasteiger partial charge < -0.3 is 10.2 Å². The molecule has 0 radical (unpaired) electrons. The molecule has 3 aromatic rings. The number of anilines is 3. The molecule has 144 valence electrons. The predicted molar refractivity (Wildman–Crippen MR) is 112 cm³/mol. The number of H-pyrrole nitrogens is 1. The van der Waals surface area contributed by atoms with Crippen molar-refractivity contribution < 1.29 is 0 Å². The van der Waals surface area contributed by atoms with Crippen LogP contribution in [0.15, 0.2) is 36.4 Å². The van der Waals surface area contributed by atoms with Crippen LogP contribution in [0.3, 0.4) is 0 Å². The van der Waals surface area contributed by atoms with Crippen LogP contribution in [0.5, 0.6) is 0 Å². The first-order valence-corrected chi connectivity index (χ1v) is 10.4. The fraction of sp³-hybridized carbons (Fsp3) is 0.409. The molecule has 3 heterocycles. The summed E-state index contributed by atoms with van der Waals surface area (Å²) in [5.74, 6) is 2.60. The average molecular weight is 374 g/mol. The van der Waals surface area contributed by atoms with E-state index in [1.807, 2.05) is 24.3 Å². The molecule has 5 rings (SSSR count). The van der Waals surface area contributed by atoms with Crippen molar-refractivity contribution in [3.8, 4) is 11.3 Å². The summed E-state index contributed by atoms with van der Waals surface area (Å²) < 4.78 is 0. The molecule has 6 heteroatoms. The van der Waals surface area contributed by atoms with E-state index in [0.29, 0.717) is 0 Å². The zero-order chi connectivity index (χ0) is 18.8. The van der Waals surface area contributed by atoms with E-state index in [2.05, 4.69) is 32.5 Å². The number of benzene rings is 1. The van der Waals surface area contributed by atoms with Crippen LogP contribution in [-0.2, 0) is 12.8 Å². The second kappa shape index (κ2) is 7.62. The zero-order valence-corrected chi connectivity index (χ0v) is 16.1. The third kappa shape index (κ3) is 3.46. The number of aryl methyl sites for hydroxylation is 1. The zero-order valence-electron chi connectivity index (χ0n) is 16.1. The van der Waals surface area contributed by atoms with Gasteiger partial charge in [-0.15, -0.1) is 0 Å². The summed E-state index contributed by atoms with van der Waals surface area (Å²) in [7, 11) is 0. The van der Waals surface area contributed by atoms with Crippen molar-refractivity contribution in [1.82, 2.24) is 20.2 Å². The van der Waals surface area contributed by atoms with Gasteiger partial charge in [-0.1, -0.05) is 43.2 Å². The van der Waals surface area contributed by atoms with Crippen LogP contribution in [0.1, 0.15) is 43.4 Å². The monoisotopic (exact) mass is 374 g/mol. The molecule has 0 spiro atoms. The topological polar surface area (TPSA) is 69.7 Å². The van der Waals surface area contributed by atoms with Crippen LogP contribution < -0.4 is 10.2 Å². The summed E-state index contributed by atoms with van der Waals surface area (Å²) in [4.78, 5) is 12.2. The van der Waals surface area contributed by atoms with Crippen molar-refractivity contribution in [2.75, 3.05) is 23.3 Å². The molecule has 1 fully saturated rings. The largest absolute Gasteiger partial charge is 0.341 e. The SMILES string of the molecule is c1ccc(-c2cc(Nc3nc(N4CCCCCC4)nc4c3CCC4)n[nH]2)cc1. The first kappa shape index (κ1) is 17.2. The van der Waals surface area contributed by atoms with Crippen LogP contribution in [0, 0.1) is 0 Å². The number of nitrogens with zero attached hydrogens (tertiary/aromatic N) is 4. The number of nitrogens with one attached hydrogen (secondary N) is 2. The molecule has 0 saturated carbocycles. The first-order valence-electron chi connectivity index (χ1n) is 10.4. The molecule has 0 atom stereocenters. The second-order valence-electron chi connectivity index (χ2n) is 7.71. The van der Waals surface area contributed by atoms with E-state index < -0.39 is 0 Å². The Bertz CT molecular complexity index is 941. The maximum Gasteiger partial charge on any atom is 0.227 e. The van der Waals surface area contributed by atoms with Crippen molar-refractivity contribution in [3.63, 3.8) is 0 Å². The number of hydrogen-bond donors (Lipinski definition) is 2. The van der Waals surface area contributed by atoms with Gasteiger partial charge in [0.05, 0.1) is 11.4 Å². The average Bonchev–Trinajstić information content (AvgIpc) is 3.31. The molecule has 0 amide bonds. The van der Waals surface area contributed by atoms with Gasteiger partial charge in [0.15, 0.2) is 5.82 Å². The molecule has 1 saturated heterocycles. The minimum Gasteiger partial charge on any atom is -0.341 e. The van der Waals surface area contributed by atoms with Crippen LogP contribution in [0.25, 0.3) is 11.3 Å². The lowest BCUT2D eigenvalue weighted by Crippen LogP contribution is -2.26. The van der Waals surface area contributed by atoms with E-state index in [1.165, 1.54) is 36.9 Å². The number of fused-ring (bicyclic) bond motifs is 1. The summed E-state index contributed by atoms with van der Waals surface area (Å²) in [6.07, 6.45) is 8.30. The Labute approximate surface area is 165 Å². The lowest BCUT2D eigenvalue weighted by atomic mass is 10.1. The van der Waals surface area contributed by atoms with Gasteiger partial charge >= 0.3 is 0 Å². The Morgan fingerprint density at radius 3 is 2.54 bits per heavy atom. The van der Waals surface area contributed by atoms with Gasteiger partial charge in [0.2, 0.25) is 5.95 Å². The van der Waals surface area contributed by atoms with Crippen molar-refractivity contribution in [2.45, 2.75) is 44.9 Å². The molecule has 0 bridgehead atoms. The lowest BCUT2D eigenvalue weighted by Gasteiger charge is -2.22. The van der Waals surface area contributed by atoms with Gasteiger partial charge in [0, 0.05) is 24.7 Å². The van der Waals surface area contributed by atoms with Crippen LogP contribution in [0.4, 0.5) is 17.6 Å². The fourth-order valence-electron chi connectivity index (χ4n) is 4.21. The quantitative estimate of drug-likeness (QED) is 0.705. The highest BCUT2D eigenvalue weighted by atomic mass is 15.3. The summed E-state index contributed by atoms with van der Waals surface area (Å²) in [5, 5.41) is 11.1. The highest BCUT2D eigenvalue weighted by Gasteiger charge is 2.22. The van der Waals surface area contributed by atoms with Gasteiger partial charge in [0.25, 0.3) is 0 Å². The van der Waals surface area contributed by atoms with Crippen molar-refractivity contribution >= 4 is 17.6 Å². The molecule has 2 aromatic heterocycles. The van der Waals surface area contributed by atoms with E-state index in [9.17, 15) is 0 Å². The molecular formula is C22H26N6. The maximum atomic E-state index is 4.94. The maximum absolute atomic E-state index is 4.94. The molecular weight excluding hydrogens is 348 g/mol. The third-order valence-corrected chi connectivity index (χ3v) is 5.72. The van der Waals surface area contributed by atoms with Gasteiger partial charge in [-0.25, -0.2) is 4.98 Å². The Balaban J connectivity index is 1.44. The van der Waals surface area contributed by atoms with Crippen LogP contribution >= 0.6 is 0 Å². The van der Waals surface area contributed by atoms with Gasteiger partial charge in [-0.3, -0.25) is 5.10 Å². The Kier molecular flexibility index (Phi) is 4.69. The van der Waals surface area contributed by atoms with E-state index in [0.717, 1.165) is 61.2 Å². The van der Waals surface area contributed by atoms with Crippen LogP contribution in [0.2, 0.25) is 0 Å². The van der Waals surface area contributed by atoms with Gasteiger partial charge in [-0.2, -0.15) is 10.1 Å². The van der Waals surface area contributed by atoms with Crippen molar-refractivity contribution in [3.05, 3.63) is 47.7 Å². The highest BCUT2D eigenvalue weighted by Crippen LogP contribution is 2.31. The van der Waals surface area contributed by atoms with E-state index in [1.54, 1.807) is 0 Å². The Morgan fingerprint density at radius 2 is 1.71 bits per heavy atom. The minimum atomic E-state index is 0.800. The summed E-state index contributed by atoms with van der Waals surface area (Å²) in [6.45, 7) is 2.11. The number of aromatic nitrogens is 4. The Morgan fingerprint density at radius 1 is 0.893 bits per heavy atom. The lowest BCUT2D eigenvalue weighted by molar-refractivity contribution is 0.726. The van der Waals surface area contributed by atoms with Gasteiger partial charge in [-0.05, 0) is 37.7 Å². The summed E-state index contributed by atoms with van der Waals surface area (Å²) >= 11 is 0. The van der Waals surface area contributed by atoms with E-state index >= 15 is 0 Å². The third-order valence-electron chi connectivity index (χ3n) is 5.72. The van der Waals surface area contributed by atoms with Gasteiger partial charge in [0.1, 0.15) is 5.82 Å². The number of rotatable bonds is 4. The molecule has 1 aliphatic carbocycles. The molecule has 2 aliphatic rings. The first-order chi connectivity index (χ1) is 13.9. The molecule has 0 unspecified atom stereocenters. The molecule has 1 aliphatic heterocycles. The van der Waals surface area contributed by atoms with Crippen molar-refractivity contribution in [1.29, 1.82) is 0 Å². The van der Waals surface area contributed by atoms with Crippen molar-refractivity contribution in [2.24, 2.45) is 0 Å². The van der Waals surface area contributed by atoms with Crippen LogP contribution in [-0.4, -0.2) is 33.3 Å². The molecule has 2 N–H and O–H groups in total. The Hall–Kier alpha value is -2.89. The second-order valence-corrected chi connectivity index (χ2v) is 7.71. The number of aromatic amines is 1. The molecule has 28 heavy (non-hydrogen) atoms. The highest BCUT2D eigenvalue weighted by molar-refractivity contribution is 5.67. The number of hydrogen-bond acceptors (Lipinski definition) is 5. The standard InChI is InChI=1S/C22H26N6/c1-2-7-14-28(13-6-1)22-23-18-12-8-11-17(18)21(25-22)24-20-15-19(26-27-20)16-9-4-3-5-10-16/h3-5,9-10,15H,1-2,6-8,11-14H2,(H2,23,24,25,26,27). The van der Waals surface area contributed by atoms with E-state index in [4.69, 9.17) is 9.97 Å². The smallest absolute Gasteiger partial charge is 0.227 e. The summed E-state index contributed by atoms with van der Waals surface area (Å²) in [5.41, 5.74) is 4.58. The predicted octanol–water partition coefficient (Wildman–Crippen LogP) is 4.48. The normalized spacial score (nSPS) is 16.6. The molecule has 1 aromatic carbocycles. The fourth-order valence-corrected chi connectivity index (χ4v) is 4.21. The molecule has 6 nitrogen and oxygen atoms in total. The summed E-state index contributed by atoms with van der Waals surface area (Å²) in [6, 6.07) is 12.3.